The zero-order valence-electron chi connectivity index (χ0n) is 22.0. The summed E-state index contributed by atoms with van der Waals surface area (Å²) in [6.07, 6.45) is 9.23. The number of benzene rings is 1. The van der Waals surface area contributed by atoms with Crippen LogP contribution >= 0.6 is 11.6 Å². The fourth-order valence-corrected chi connectivity index (χ4v) is 5.09. The second kappa shape index (κ2) is 11.6. The molecule has 2 saturated carbocycles. The van der Waals surface area contributed by atoms with Gasteiger partial charge >= 0.3 is 6.03 Å². The van der Waals surface area contributed by atoms with Gasteiger partial charge in [-0.1, -0.05) is 23.7 Å². The lowest BCUT2D eigenvalue weighted by Crippen LogP contribution is -2.42. The first-order valence-electron chi connectivity index (χ1n) is 13.6. The number of pyridine rings is 1. The Kier molecular flexibility index (Phi) is 7.55. The van der Waals surface area contributed by atoms with Gasteiger partial charge in [-0.15, -0.1) is 5.10 Å². The number of rotatable bonds is 8. The van der Waals surface area contributed by atoms with Crippen LogP contribution in [0.4, 0.5) is 32.1 Å². The van der Waals surface area contributed by atoms with E-state index in [0.717, 1.165) is 50.4 Å². The molecule has 2 aliphatic carbocycles. The molecule has 5 N–H and O–H groups in total. The summed E-state index contributed by atoms with van der Waals surface area (Å²) in [7, 11) is 0. The third-order valence-electron chi connectivity index (χ3n) is 7.19. The number of carbonyl (C=O) groups is 2. The highest BCUT2D eigenvalue weighted by molar-refractivity contribution is 6.33. The largest absolute Gasteiger partial charge is 0.379 e. The Bertz CT molecular complexity index is 1580. The van der Waals surface area contributed by atoms with Gasteiger partial charge in [0.2, 0.25) is 0 Å². The van der Waals surface area contributed by atoms with Crippen LogP contribution in [0.2, 0.25) is 5.02 Å². The summed E-state index contributed by atoms with van der Waals surface area (Å²) >= 11 is 6.14. The average molecular weight is 578 g/mol. The first-order chi connectivity index (χ1) is 19.9. The van der Waals surface area contributed by atoms with Crippen LogP contribution in [0.5, 0.6) is 0 Å². The Balaban J connectivity index is 1.13. The summed E-state index contributed by atoms with van der Waals surface area (Å²) in [4.78, 5) is 33.7. The molecule has 0 unspecified atom stereocenters. The Morgan fingerprint density at radius 1 is 0.878 bits per heavy atom. The van der Waals surface area contributed by atoms with Crippen molar-refractivity contribution < 1.29 is 14.0 Å². The van der Waals surface area contributed by atoms with Crippen molar-refractivity contribution in [2.75, 3.05) is 21.3 Å². The van der Waals surface area contributed by atoms with Crippen molar-refractivity contribution >= 4 is 52.1 Å². The van der Waals surface area contributed by atoms with E-state index >= 15 is 0 Å². The van der Waals surface area contributed by atoms with E-state index in [1.807, 2.05) is 18.2 Å². The van der Waals surface area contributed by atoms with Crippen molar-refractivity contribution in [3.63, 3.8) is 0 Å². The Morgan fingerprint density at radius 3 is 2.37 bits per heavy atom. The van der Waals surface area contributed by atoms with E-state index in [-0.39, 0.29) is 29.5 Å². The molecular formula is C28H29ClFN9O2. The SMILES string of the molecule is O=C(Nc1ccccc1Cl)N[C@H]1CC[C@H](Nc2cc(NC3CC3)c3ncc(C(=O)Nc4ccncc4F)n3n2)CC1. The van der Waals surface area contributed by atoms with Gasteiger partial charge in [0, 0.05) is 30.4 Å². The number of hydrogen-bond acceptors (Lipinski definition) is 7. The summed E-state index contributed by atoms with van der Waals surface area (Å²) in [5, 5.41) is 20.5. The van der Waals surface area contributed by atoms with Crippen molar-refractivity contribution in [3.8, 4) is 0 Å². The molecule has 0 aliphatic heterocycles. The maximum atomic E-state index is 14.1. The third kappa shape index (κ3) is 6.32. The van der Waals surface area contributed by atoms with Crippen LogP contribution in [-0.2, 0) is 0 Å². The van der Waals surface area contributed by atoms with Crippen molar-refractivity contribution in [1.82, 2.24) is 24.9 Å². The molecule has 13 heteroatoms. The van der Waals surface area contributed by atoms with E-state index in [4.69, 9.17) is 11.6 Å². The van der Waals surface area contributed by atoms with Gasteiger partial charge < -0.3 is 26.6 Å². The number of fused-ring (bicyclic) bond motifs is 1. The van der Waals surface area contributed by atoms with E-state index in [2.05, 4.69) is 41.7 Å². The average Bonchev–Trinajstić information content (AvgIpc) is 3.67. The number of amides is 3. The van der Waals surface area contributed by atoms with Crippen molar-refractivity contribution in [2.24, 2.45) is 0 Å². The minimum Gasteiger partial charge on any atom is -0.379 e. The number of nitrogens with zero attached hydrogens (tertiary/aromatic N) is 4. The molecule has 0 radical (unpaired) electrons. The second-order valence-electron chi connectivity index (χ2n) is 10.3. The molecule has 6 rings (SSSR count). The standard InChI is InChI=1S/C28H29ClFN9O2/c29-19-3-1-2-4-21(19)37-28(41)35-18-9-7-17(8-10-18)34-25-13-23(33-16-5-6-16)26-32-15-24(39(26)38-25)27(40)36-22-11-12-31-14-20(22)30/h1-4,11-18,33H,5-10H2,(H,34,38)(H,31,36,40)(H2,35,37,41)/t17-,18-. The van der Waals surface area contributed by atoms with Crippen LogP contribution < -0.4 is 26.6 Å². The second-order valence-corrected chi connectivity index (χ2v) is 10.7. The molecule has 2 fully saturated rings. The van der Waals surface area contributed by atoms with Crippen LogP contribution in [0, 0.1) is 5.82 Å². The number of hydrogen-bond donors (Lipinski definition) is 5. The van der Waals surface area contributed by atoms with E-state index in [1.54, 1.807) is 12.1 Å². The molecule has 4 aromatic rings. The number of urea groups is 1. The summed E-state index contributed by atoms with van der Waals surface area (Å²) in [6, 6.07) is 10.6. The van der Waals surface area contributed by atoms with Gasteiger partial charge in [0.25, 0.3) is 5.91 Å². The highest BCUT2D eigenvalue weighted by Gasteiger charge is 2.26. The molecule has 212 valence electrons. The first-order valence-corrected chi connectivity index (χ1v) is 14.0. The fourth-order valence-electron chi connectivity index (χ4n) is 4.91. The van der Waals surface area contributed by atoms with Crippen molar-refractivity contribution in [2.45, 2.75) is 56.7 Å². The number of anilines is 4. The quantitative estimate of drug-likeness (QED) is 0.192. The number of carbonyl (C=O) groups excluding carboxylic acids is 2. The number of nitrogens with one attached hydrogen (secondary N) is 5. The van der Waals surface area contributed by atoms with Gasteiger partial charge in [0.15, 0.2) is 17.2 Å². The first kappa shape index (κ1) is 26.8. The predicted molar refractivity (Wildman–Crippen MR) is 155 cm³/mol. The molecular weight excluding hydrogens is 549 g/mol. The van der Waals surface area contributed by atoms with Gasteiger partial charge in [-0.05, 0) is 56.7 Å². The zero-order valence-corrected chi connectivity index (χ0v) is 22.8. The normalized spacial score (nSPS) is 18.5. The summed E-state index contributed by atoms with van der Waals surface area (Å²) in [6.45, 7) is 0. The number of aromatic nitrogens is 4. The van der Waals surface area contributed by atoms with Gasteiger partial charge in [-0.2, -0.15) is 0 Å². The van der Waals surface area contributed by atoms with E-state index in [0.29, 0.717) is 28.2 Å². The maximum Gasteiger partial charge on any atom is 0.319 e. The molecule has 0 bridgehead atoms. The van der Waals surface area contributed by atoms with E-state index in [9.17, 15) is 14.0 Å². The molecule has 2 aliphatic rings. The molecule has 0 spiro atoms. The Morgan fingerprint density at radius 2 is 1.61 bits per heavy atom. The summed E-state index contributed by atoms with van der Waals surface area (Å²) in [5.74, 6) is -0.575. The molecule has 0 saturated heterocycles. The topological polar surface area (TPSA) is 137 Å². The van der Waals surface area contributed by atoms with E-state index < -0.39 is 11.7 Å². The van der Waals surface area contributed by atoms with E-state index in [1.165, 1.54) is 23.0 Å². The van der Waals surface area contributed by atoms with Gasteiger partial charge in [0.1, 0.15) is 5.82 Å². The Labute approximate surface area is 240 Å². The minimum atomic E-state index is -0.632. The van der Waals surface area contributed by atoms with Crippen molar-refractivity contribution in [3.05, 3.63) is 71.5 Å². The molecule has 1 aromatic carbocycles. The molecule has 41 heavy (non-hydrogen) atoms. The van der Waals surface area contributed by atoms with Crippen LogP contribution in [0.1, 0.15) is 49.0 Å². The number of para-hydroxylation sites is 1. The van der Waals surface area contributed by atoms with Crippen LogP contribution in [0.3, 0.4) is 0 Å². The molecule has 3 amide bonds. The minimum absolute atomic E-state index is 0.0245. The molecule has 3 aromatic heterocycles. The Hall–Kier alpha value is -4.45. The predicted octanol–water partition coefficient (Wildman–Crippen LogP) is 5.29. The highest BCUT2D eigenvalue weighted by Crippen LogP contribution is 2.30. The van der Waals surface area contributed by atoms with Crippen LogP contribution in [0.15, 0.2) is 55.0 Å². The third-order valence-corrected chi connectivity index (χ3v) is 7.52. The molecule has 0 atom stereocenters. The maximum absolute atomic E-state index is 14.1. The molecule has 11 nitrogen and oxygen atoms in total. The lowest BCUT2D eigenvalue weighted by molar-refractivity contribution is 0.102. The molecule has 3 heterocycles. The summed E-state index contributed by atoms with van der Waals surface area (Å²) in [5.41, 5.74) is 2.05. The lowest BCUT2D eigenvalue weighted by Gasteiger charge is -2.30. The zero-order chi connectivity index (χ0) is 28.3. The van der Waals surface area contributed by atoms with Crippen LogP contribution in [0.25, 0.3) is 5.65 Å². The number of imidazole rings is 1. The fraction of sp³-hybridized carbons (Fsp3) is 0.321. The van der Waals surface area contributed by atoms with Gasteiger partial charge in [-0.3, -0.25) is 9.78 Å². The van der Waals surface area contributed by atoms with Gasteiger partial charge in [-0.25, -0.2) is 18.7 Å². The summed E-state index contributed by atoms with van der Waals surface area (Å²) < 4.78 is 15.6. The van der Waals surface area contributed by atoms with Crippen LogP contribution in [-0.4, -0.2) is 49.6 Å². The van der Waals surface area contributed by atoms with Gasteiger partial charge in [0.05, 0.1) is 34.5 Å². The van der Waals surface area contributed by atoms with Crippen molar-refractivity contribution in [1.29, 1.82) is 0 Å². The monoisotopic (exact) mass is 577 g/mol. The number of halogens is 2. The highest BCUT2D eigenvalue weighted by atomic mass is 35.5. The lowest BCUT2D eigenvalue weighted by atomic mass is 9.91. The smallest absolute Gasteiger partial charge is 0.319 e.